The quantitative estimate of drug-likeness (QED) is 0.640. The molecule has 0 saturated carbocycles. The van der Waals surface area contributed by atoms with Gasteiger partial charge in [-0.2, -0.15) is 0 Å². The van der Waals surface area contributed by atoms with E-state index in [0.29, 0.717) is 6.42 Å². The van der Waals surface area contributed by atoms with Gasteiger partial charge in [0, 0.05) is 4.47 Å². The molecule has 1 aromatic rings. The molecule has 0 aliphatic carbocycles. The van der Waals surface area contributed by atoms with Gasteiger partial charge in [0.25, 0.3) is 0 Å². The molecule has 0 fully saturated rings. The molecule has 0 spiro atoms. The zero-order chi connectivity index (χ0) is 11.1. The van der Waals surface area contributed by atoms with Gasteiger partial charge in [0.1, 0.15) is 5.82 Å². The Kier molecular flexibility index (Phi) is 5.58. The molecule has 15 heavy (non-hydrogen) atoms. The predicted octanol–water partition coefficient (Wildman–Crippen LogP) is 3.30. The molecule has 1 nitrogen and oxygen atoms in total. The summed E-state index contributed by atoms with van der Waals surface area (Å²) in [5.74, 6) is -0.142. The Morgan fingerprint density at radius 2 is 2.20 bits per heavy atom. The Balaban J connectivity index is 2.49. The van der Waals surface area contributed by atoms with Crippen LogP contribution >= 0.6 is 15.9 Å². The van der Waals surface area contributed by atoms with Crippen LogP contribution in [0.1, 0.15) is 12.0 Å². The molecule has 0 aliphatic heterocycles. The number of nitrogens with one attached hydrogen (secondary N) is 1. The van der Waals surface area contributed by atoms with Gasteiger partial charge in [0.05, 0.1) is 0 Å². The summed E-state index contributed by atoms with van der Waals surface area (Å²) >= 11 is 3.33. The van der Waals surface area contributed by atoms with Gasteiger partial charge in [-0.3, -0.25) is 0 Å². The van der Waals surface area contributed by atoms with Gasteiger partial charge in [0.15, 0.2) is 0 Å². The molecule has 1 N–H and O–H groups in total. The Bertz CT molecular complexity index is 336. The largest absolute Gasteiger partial charge is 0.319 e. The monoisotopic (exact) mass is 271 g/mol. The van der Waals surface area contributed by atoms with Crippen LogP contribution in [0, 0.1) is 5.82 Å². The number of allylic oxidation sites excluding steroid dienone is 1. The van der Waals surface area contributed by atoms with Crippen molar-refractivity contribution in [1.29, 1.82) is 0 Å². The lowest BCUT2D eigenvalue weighted by atomic mass is 10.1. The van der Waals surface area contributed by atoms with E-state index in [1.165, 1.54) is 6.07 Å². The molecule has 0 radical (unpaired) electrons. The molecule has 0 saturated heterocycles. The molecule has 0 heterocycles. The maximum Gasteiger partial charge on any atom is 0.126 e. The van der Waals surface area contributed by atoms with Crippen molar-refractivity contribution >= 4 is 15.9 Å². The molecule has 0 bridgehead atoms. The highest BCUT2D eigenvalue weighted by atomic mass is 79.9. The van der Waals surface area contributed by atoms with Gasteiger partial charge in [-0.25, -0.2) is 4.39 Å². The summed E-state index contributed by atoms with van der Waals surface area (Å²) in [6.45, 7) is 0.956. The van der Waals surface area contributed by atoms with Crippen molar-refractivity contribution in [2.45, 2.75) is 12.8 Å². The number of rotatable bonds is 5. The Labute approximate surface area is 98.5 Å². The minimum Gasteiger partial charge on any atom is -0.319 e. The molecular formula is C12H15BrFN. The molecule has 3 heteroatoms. The zero-order valence-corrected chi connectivity index (χ0v) is 10.3. The average Bonchev–Trinajstić information content (AvgIpc) is 2.23. The van der Waals surface area contributed by atoms with Crippen molar-refractivity contribution in [1.82, 2.24) is 5.32 Å². The second-order valence-electron chi connectivity index (χ2n) is 3.30. The minimum absolute atomic E-state index is 0.142. The van der Waals surface area contributed by atoms with Crippen LogP contribution in [0.25, 0.3) is 0 Å². The van der Waals surface area contributed by atoms with E-state index in [9.17, 15) is 4.39 Å². The lowest BCUT2D eigenvalue weighted by Gasteiger charge is -2.00. The van der Waals surface area contributed by atoms with Crippen molar-refractivity contribution in [3.8, 4) is 0 Å². The van der Waals surface area contributed by atoms with Crippen LogP contribution in [0.15, 0.2) is 34.8 Å². The summed E-state index contributed by atoms with van der Waals surface area (Å²) < 4.78 is 14.2. The van der Waals surface area contributed by atoms with Crippen LogP contribution in [-0.2, 0) is 6.42 Å². The number of hydrogen-bond donors (Lipinski definition) is 1. The van der Waals surface area contributed by atoms with Crippen LogP contribution in [0.5, 0.6) is 0 Å². The summed E-state index contributed by atoms with van der Waals surface area (Å²) in [6.07, 6.45) is 5.69. The van der Waals surface area contributed by atoms with E-state index in [-0.39, 0.29) is 5.82 Å². The first kappa shape index (κ1) is 12.4. The maximum atomic E-state index is 13.3. The minimum atomic E-state index is -0.142. The molecule has 0 amide bonds. The van der Waals surface area contributed by atoms with Gasteiger partial charge in [-0.1, -0.05) is 28.1 Å². The molecule has 1 aromatic carbocycles. The van der Waals surface area contributed by atoms with Crippen molar-refractivity contribution in [3.63, 3.8) is 0 Å². The van der Waals surface area contributed by atoms with Crippen LogP contribution in [0.3, 0.4) is 0 Å². The van der Waals surface area contributed by atoms with E-state index < -0.39 is 0 Å². The Morgan fingerprint density at radius 3 is 2.93 bits per heavy atom. The molecular weight excluding hydrogens is 257 g/mol. The molecule has 0 atom stereocenters. The zero-order valence-electron chi connectivity index (χ0n) is 8.76. The van der Waals surface area contributed by atoms with Crippen LogP contribution in [-0.4, -0.2) is 13.6 Å². The summed E-state index contributed by atoms with van der Waals surface area (Å²) in [4.78, 5) is 0. The van der Waals surface area contributed by atoms with E-state index >= 15 is 0 Å². The maximum absolute atomic E-state index is 13.3. The summed E-state index contributed by atoms with van der Waals surface area (Å²) in [6, 6.07) is 5.02. The predicted molar refractivity (Wildman–Crippen MR) is 65.5 cm³/mol. The van der Waals surface area contributed by atoms with Gasteiger partial charge in [0.2, 0.25) is 0 Å². The van der Waals surface area contributed by atoms with Gasteiger partial charge >= 0.3 is 0 Å². The topological polar surface area (TPSA) is 12.0 Å². The summed E-state index contributed by atoms with van der Waals surface area (Å²) in [7, 11) is 1.92. The summed E-state index contributed by atoms with van der Waals surface area (Å²) in [5.41, 5.74) is 0.727. The highest BCUT2D eigenvalue weighted by molar-refractivity contribution is 9.10. The second-order valence-corrected chi connectivity index (χ2v) is 4.22. The number of benzene rings is 1. The third-order valence-corrected chi connectivity index (χ3v) is 2.57. The third-order valence-electron chi connectivity index (χ3n) is 2.07. The van der Waals surface area contributed by atoms with E-state index in [4.69, 9.17) is 0 Å². The molecule has 0 unspecified atom stereocenters. The van der Waals surface area contributed by atoms with Crippen LogP contribution in [0.2, 0.25) is 0 Å². The average molecular weight is 272 g/mol. The van der Waals surface area contributed by atoms with Gasteiger partial charge in [-0.15, -0.1) is 0 Å². The van der Waals surface area contributed by atoms with Gasteiger partial charge in [-0.05, 0) is 50.2 Å². The first-order valence-electron chi connectivity index (χ1n) is 4.97. The van der Waals surface area contributed by atoms with E-state index in [2.05, 4.69) is 27.3 Å². The van der Waals surface area contributed by atoms with Crippen molar-refractivity contribution in [3.05, 3.63) is 46.2 Å². The van der Waals surface area contributed by atoms with Gasteiger partial charge < -0.3 is 5.32 Å². The molecule has 0 aromatic heterocycles. The molecule has 82 valence electrons. The number of halogens is 2. The third kappa shape index (κ3) is 4.58. The van der Waals surface area contributed by atoms with E-state index in [0.717, 1.165) is 23.0 Å². The first-order valence-corrected chi connectivity index (χ1v) is 5.77. The standard InChI is InChI=1S/C12H15BrFN/c1-15-8-4-2-3-5-10-9-11(13)6-7-12(10)14/h2-3,6-7,9,15H,4-5,8H2,1H3. The highest BCUT2D eigenvalue weighted by Gasteiger charge is 1.99. The second kappa shape index (κ2) is 6.75. The van der Waals surface area contributed by atoms with Crippen LogP contribution in [0.4, 0.5) is 4.39 Å². The fourth-order valence-corrected chi connectivity index (χ4v) is 1.66. The summed E-state index contributed by atoms with van der Waals surface area (Å²) in [5, 5.41) is 3.05. The van der Waals surface area contributed by atoms with E-state index in [1.807, 2.05) is 19.2 Å². The van der Waals surface area contributed by atoms with Crippen molar-refractivity contribution in [2.24, 2.45) is 0 Å². The lowest BCUT2D eigenvalue weighted by Crippen LogP contribution is -2.05. The molecule has 0 aliphatic rings. The smallest absolute Gasteiger partial charge is 0.126 e. The first-order chi connectivity index (χ1) is 7.24. The fraction of sp³-hybridized carbons (Fsp3) is 0.333. The SMILES string of the molecule is CNCCC=CCc1cc(Br)ccc1F. The van der Waals surface area contributed by atoms with Crippen molar-refractivity contribution in [2.75, 3.05) is 13.6 Å². The molecule has 1 rings (SSSR count). The van der Waals surface area contributed by atoms with Crippen LogP contribution < -0.4 is 5.32 Å². The highest BCUT2D eigenvalue weighted by Crippen LogP contribution is 2.16. The Morgan fingerprint density at radius 1 is 1.40 bits per heavy atom. The number of hydrogen-bond acceptors (Lipinski definition) is 1. The lowest BCUT2D eigenvalue weighted by molar-refractivity contribution is 0.614. The van der Waals surface area contributed by atoms with Crippen molar-refractivity contribution < 1.29 is 4.39 Å². The fourth-order valence-electron chi connectivity index (χ4n) is 1.26. The van der Waals surface area contributed by atoms with E-state index in [1.54, 1.807) is 6.07 Å². The normalized spacial score (nSPS) is 11.1. The Hall–Kier alpha value is -0.670.